The lowest BCUT2D eigenvalue weighted by molar-refractivity contribution is -0.145. The zero-order chi connectivity index (χ0) is 40.2. The number of thiazole rings is 2. The number of benzene rings is 4. The molecule has 0 spiro atoms. The van der Waals surface area contributed by atoms with Crippen molar-refractivity contribution < 1.29 is 28.9 Å². The summed E-state index contributed by atoms with van der Waals surface area (Å²) in [6.45, 7) is 9.75. The fourth-order valence-electron chi connectivity index (χ4n) is 5.08. The molecule has 4 aromatic carbocycles. The first-order valence-corrected chi connectivity index (χ1v) is 22.6. The Hall–Kier alpha value is -3.66. The van der Waals surface area contributed by atoms with Gasteiger partial charge in [-0.2, -0.15) is 0 Å². The third-order valence-electron chi connectivity index (χ3n) is 8.00. The molecule has 0 atom stereocenters. The summed E-state index contributed by atoms with van der Waals surface area (Å²) < 4.78 is 17.8. The minimum Gasteiger partial charge on any atom is -0.482 e. The van der Waals surface area contributed by atoms with Gasteiger partial charge in [-0.05, 0) is 106 Å². The molecule has 292 valence electrons. The number of ether oxygens (including phenoxy) is 3. The minimum atomic E-state index is -0.977. The van der Waals surface area contributed by atoms with Gasteiger partial charge >= 0.3 is 11.9 Å². The molecule has 0 aliphatic rings. The van der Waals surface area contributed by atoms with Gasteiger partial charge in [0.15, 0.2) is 13.2 Å². The molecule has 0 fully saturated rings. The van der Waals surface area contributed by atoms with E-state index >= 15 is 0 Å². The molecule has 14 heteroatoms. The Labute approximate surface area is 360 Å². The number of carboxylic acids is 1. The van der Waals surface area contributed by atoms with Gasteiger partial charge in [-0.25, -0.2) is 19.6 Å². The van der Waals surface area contributed by atoms with Crippen LogP contribution in [0, 0.1) is 27.7 Å². The summed E-state index contributed by atoms with van der Waals surface area (Å²) in [7, 11) is 0. The van der Waals surface area contributed by atoms with Crippen LogP contribution < -0.4 is 9.47 Å². The van der Waals surface area contributed by atoms with Gasteiger partial charge in [-0.3, -0.25) is 0 Å². The van der Waals surface area contributed by atoms with Crippen LogP contribution in [-0.2, 0) is 25.8 Å². The largest absolute Gasteiger partial charge is 0.482 e. The molecule has 8 nitrogen and oxygen atoms in total. The van der Waals surface area contributed by atoms with Crippen LogP contribution >= 0.6 is 78.1 Å². The maximum absolute atomic E-state index is 11.4. The second-order valence-corrected chi connectivity index (χ2v) is 18.4. The van der Waals surface area contributed by atoms with Crippen molar-refractivity contribution in [3.63, 3.8) is 0 Å². The number of halogens is 2. The summed E-state index contributed by atoms with van der Waals surface area (Å²) in [5.41, 5.74) is 6.32. The monoisotopic (exact) mass is 954 g/mol. The van der Waals surface area contributed by atoms with Crippen LogP contribution in [0.3, 0.4) is 0 Å². The van der Waals surface area contributed by atoms with Crippen LogP contribution in [0.4, 0.5) is 0 Å². The van der Waals surface area contributed by atoms with Gasteiger partial charge in [0.2, 0.25) is 0 Å². The number of aromatic nitrogens is 2. The standard InChI is InChI=1S/C22H22BrNO3S2.C20H18BrNO3S2/c1-4-26-21(25)12-27-19-10-9-18(11-14(19)2)28-13-20-15(3)24-22(29-20)16-5-7-17(23)8-6-16;1-12-9-16(7-8-17(12)25-10-19(23)24)26-11-18-13(2)22-20(27-18)14-3-5-15(21)6-4-14/h5-11H,4,12-13H2,1-3H3;3-9H,10-11H2,1-2H3,(H,23,24). The summed E-state index contributed by atoms with van der Waals surface area (Å²) in [6.07, 6.45) is 0. The number of aliphatic carboxylic acids is 1. The van der Waals surface area contributed by atoms with E-state index in [1.807, 2.05) is 75.4 Å². The van der Waals surface area contributed by atoms with Gasteiger partial charge in [-0.1, -0.05) is 56.1 Å². The average molecular weight is 957 g/mol. The number of carbonyl (C=O) groups excluding carboxylic acids is 1. The van der Waals surface area contributed by atoms with E-state index in [9.17, 15) is 9.59 Å². The van der Waals surface area contributed by atoms with E-state index in [4.69, 9.17) is 29.3 Å². The molecule has 0 saturated heterocycles. The molecule has 0 amide bonds. The second-order valence-electron chi connectivity index (χ2n) is 12.3. The predicted molar refractivity (Wildman–Crippen MR) is 237 cm³/mol. The second kappa shape index (κ2) is 21.2. The Kier molecular flexibility index (Phi) is 16.5. The number of esters is 1. The Balaban J connectivity index is 0.000000215. The highest BCUT2D eigenvalue weighted by Crippen LogP contribution is 2.36. The SMILES string of the molecule is CCOC(=O)COc1ccc(SCc2sc(-c3ccc(Br)cc3)nc2C)cc1C.Cc1cc(SCc2sc(-c3ccc(Br)cc3)nc2C)ccc1OCC(=O)O. The first kappa shape index (κ1) is 43.5. The number of carbonyl (C=O) groups is 2. The Bertz CT molecular complexity index is 2260. The number of nitrogens with zero attached hydrogens (tertiary/aromatic N) is 2. The van der Waals surface area contributed by atoms with Crippen molar-refractivity contribution in [1.29, 1.82) is 0 Å². The van der Waals surface area contributed by atoms with Crippen LogP contribution in [-0.4, -0.2) is 46.8 Å². The van der Waals surface area contributed by atoms with E-state index in [0.29, 0.717) is 18.1 Å². The van der Waals surface area contributed by atoms with E-state index in [-0.39, 0.29) is 19.2 Å². The quantitative estimate of drug-likeness (QED) is 0.0789. The number of hydrogen-bond acceptors (Lipinski definition) is 11. The lowest BCUT2D eigenvalue weighted by Crippen LogP contribution is -2.14. The molecule has 0 aliphatic carbocycles. The molecule has 6 rings (SSSR count). The van der Waals surface area contributed by atoms with E-state index in [0.717, 1.165) is 73.9 Å². The summed E-state index contributed by atoms with van der Waals surface area (Å²) in [6, 6.07) is 28.2. The molecule has 0 unspecified atom stereocenters. The first-order valence-electron chi connectivity index (χ1n) is 17.4. The Morgan fingerprint density at radius 1 is 0.661 bits per heavy atom. The van der Waals surface area contributed by atoms with Crippen molar-refractivity contribution >= 4 is 90.0 Å². The van der Waals surface area contributed by atoms with Gasteiger partial charge in [0, 0.05) is 51.1 Å². The molecule has 2 aromatic heterocycles. The number of carboxylic acid groups (broad SMARTS) is 1. The van der Waals surface area contributed by atoms with Crippen molar-refractivity contribution in [2.24, 2.45) is 0 Å². The summed E-state index contributed by atoms with van der Waals surface area (Å²) in [4.78, 5) is 36.3. The Morgan fingerprint density at radius 3 is 1.48 bits per heavy atom. The maximum atomic E-state index is 11.4. The molecular formula is C42H40Br2N2O6S4. The van der Waals surface area contributed by atoms with Crippen molar-refractivity contribution in [2.45, 2.75) is 55.9 Å². The van der Waals surface area contributed by atoms with Gasteiger partial charge in [0.25, 0.3) is 0 Å². The molecule has 0 saturated carbocycles. The summed E-state index contributed by atoms with van der Waals surface area (Å²) >= 11 is 13.9. The highest BCUT2D eigenvalue weighted by Gasteiger charge is 2.13. The third-order valence-corrected chi connectivity index (χ3v) is 13.9. The lowest BCUT2D eigenvalue weighted by Gasteiger charge is -2.10. The van der Waals surface area contributed by atoms with Crippen molar-refractivity contribution in [3.05, 3.63) is 126 Å². The lowest BCUT2D eigenvalue weighted by atomic mass is 10.2. The van der Waals surface area contributed by atoms with Crippen LogP contribution in [0.25, 0.3) is 21.1 Å². The van der Waals surface area contributed by atoms with Crippen LogP contribution in [0.15, 0.2) is 104 Å². The van der Waals surface area contributed by atoms with Crippen molar-refractivity contribution in [1.82, 2.24) is 9.97 Å². The smallest absolute Gasteiger partial charge is 0.344 e. The molecule has 0 aliphatic heterocycles. The maximum Gasteiger partial charge on any atom is 0.344 e. The molecule has 2 heterocycles. The van der Waals surface area contributed by atoms with Gasteiger partial charge in [0.1, 0.15) is 21.5 Å². The zero-order valence-corrected chi connectivity index (χ0v) is 37.8. The minimum absolute atomic E-state index is 0.0694. The number of rotatable bonds is 15. The van der Waals surface area contributed by atoms with E-state index in [1.54, 1.807) is 53.1 Å². The van der Waals surface area contributed by atoms with E-state index in [2.05, 4.69) is 69.1 Å². The fraction of sp³-hybridized carbons (Fsp3) is 0.238. The molecule has 56 heavy (non-hydrogen) atoms. The molecular weight excluding hydrogens is 917 g/mol. The summed E-state index contributed by atoms with van der Waals surface area (Å²) in [5, 5.41) is 10.8. The number of hydrogen-bond donors (Lipinski definition) is 1. The van der Waals surface area contributed by atoms with Crippen LogP contribution in [0.1, 0.15) is 39.2 Å². The molecule has 0 bridgehead atoms. The van der Waals surface area contributed by atoms with E-state index in [1.165, 1.54) is 9.75 Å². The predicted octanol–water partition coefficient (Wildman–Crippen LogP) is 12.4. The van der Waals surface area contributed by atoms with E-state index < -0.39 is 5.97 Å². The Morgan fingerprint density at radius 2 is 1.09 bits per heavy atom. The van der Waals surface area contributed by atoms with Crippen LogP contribution in [0.2, 0.25) is 0 Å². The highest BCUT2D eigenvalue weighted by atomic mass is 79.9. The van der Waals surface area contributed by atoms with Gasteiger partial charge in [-0.15, -0.1) is 46.2 Å². The molecule has 1 N–H and O–H groups in total. The third kappa shape index (κ3) is 12.9. The molecule has 6 aromatic rings. The number of aryl methyl sites for hydroxylation is 4. The topological polar surface area (TPSA) is 108 Å². The number of thioether (sulfide) groups is 2. The normalized spacial score (nSPS) is 10.8. The fourth-order valence-corrected chi connectivity index (χ4v) is 10.0. The summed E-state index contributed by atoms with van der Waals surface area (Å²) in [5.74, 6) is 1.68. The molecule has 0 radical (unpaired) electrons. The zero-order valence-electron chi connectivity index (χ0n) is 31.4. The average Bonchev–Trinajstić information content (AvgIpc) is 3.74. The van der Waals surface area contributed by atoms with Crippen molar-refractivity contribution in [3.8, 4) is 32.6 Å². The van der Waals surface area contributed by atoms with Gasteiger partial charge < -0.3 is 19.3 Å². The van der Waals surface area contributed by atoms with Gasteiger partial charge in [0.05, 0.1) is 18.0 Å². The highest BCUT2D eigenvalue weighted by molar-refractivity contribution is 9.10. The van der Waals surface area contributed by atoms with Crippen molar-refractivity contribution in [2.75, 3.05) is 19.8 Å². The van der Waals surface area contributed by atoms with Crippen LogP contribution in [0.5, 0.6) is 11.5 Å². The first-order chi connectivity index (χ1) is 26.9.